The van der Waals surface area contributed by atoms with E-state index in [1.54, 1.807) is 7.11 Å². The Balaban J connectivity index is 1.18. The van der Waals surface area contributed by atoms with E-state index in [1.165, 1.54) is 57.3 Å². The van der Waals surface area contributed by atoms with Gasteiger partial charge in [0.15, 0.2) is 0 Å². The number of nitrogens with zero attached hydrogens (tertiary/aromatic N) is 1. The molecule has 156 valence electrons. The molecule has 0 bridgehead atoms. The van der Waals surface area contributed by atoms with Crippen LogP contribution in [0.1, 0.15) is 37.7 Å². The van der Waals surface area contributed by atoms with Crippen LogP contribution in [0.3, 0.4) is 0 Å². The Morgan fingerprint density at radius 2 is 1.96 bits per heavy atom. The number of piperidine rings is 1. The average molecular weight is 388 g/mol. The summed E-state index contributed by atoms with van der Waals surface area (Å²) in [7, 11) is 1.72. The van der Waals surface area contributed by atoms with Crippen LogP contribution < -0.4 is 15.4 Å². The lowest BCUT2D eigenvalue weighted by Crippen LogP contribution is -2.51. The highest BCUT2D eigenvalue weighted by molar-refractivity contribution is 5.27. The van der Waals surface area contributed by atoms with Gasteiger partial charge in [-0.2, -0.15) is 0 Å². The first-order valence-electron chi connectivity index (χ1n) is 11.2. The van der Waals surface area contributed by atoms with Crippen molar-refractivity contribution in [2.24, 2.45) is 11.8 Å². The van der Waals surface area contributed by atoms with Gasteiger partial charge in [0.25, 0.3) is 0 Å². The molecule has 3 unspecified atom stereocenters. The Kier molecular flexibility index (Phi) is 7.24. The topological polar surface area (TPSA) is 45.8 Å². The third-order valence-corrected chi connectivity index (χ3v) is 6.98. The molecule has 28 heavy (non-hydrogen) atoms. The summed E-state index contributed by atoms with van der Waals surface area (Å²) in [6, 6.07) is 9.74. The highest BCUT2D eigenvalue weighted by Crippen LogP contribution is 2.30. The van der Waals surface area contributed by atoms with E-state index in [4.69, 9.17) is 9.47 Å². The Morgan fingerprint density at radius 1 is 1.14 bits per heavy atom. The van der Waals surface area contributed by atoms with E-state index in [2.05, 4.69) is 39.8 Å². The monoisotopic (exact) mass is 387 g/mol. The SMILES string of the molecule is COc1ccc(CN2CCC(CNC3CCCC3C3COCCN3)CC2)cc1. The molecule has 4 rings (SSSR count). The van der Waals surface area contributed by atoms with Crippen molar-refractivity contribution in [3.05, 3.63) is 29.8 Å². The zero-order valence-corrected chi connectivity index (χ0v) is 17.4. The zero-order chi connectivity index (χ0) is 19.2. The molecule has 2 heterocycles. The smallest absolute Gasteiger partial charge is 0.118 e. The molecule has 2 N–H and O–H groups in total. The fraction of sp³-hybridized carbons (Fsp3) is 0.739. The molecule has 0 aromatic heterocycles. The molecule has 2 saturated heterocycles. The van der Waals surface area contributed by atoms with Gasteiger partial charge in [-0.3, -0.25) is 4.90 Å². The van der Waals surface area contributed by atoms with E-state index in [0.717, 1.165) is 43.9 Å². The average Bonchev–Trinajstić information content (AvgIpc) is 3.23. The molecule has 3 atom stereocenters. The van der Waals surface area contributed by atoms with Crippen LogP contribution in [-0.2, 0) is 11.3 Å². The first-order chi connectivity index (χ1) is 13.8. The molecule has 3 aliphatic rings. The minimum atomic E-state index is 0.556. The van der Waals surface area contributed by atoms with Gasteiger partial charge < -0.3 is 20.1 Å². The molecular weight excluding hydrogens is 350 g/mol. The summed E-state index contributed by atoms with van der Waals surface area (Å²) < 4.78 is 11.0. The van der Waals surface area contributed by atoms with Gasteiger partial charge in [0.2, 0.25) is 0 Å². The largest absolute Gasteiger partial charge is 0.497 e. The lowest BCUT2D eigenvalue weighted by Gasteiger charge is -2.35. The summed E-state index contributed by atoms with van der Waals surface area (Å²) in [6.45, 7) is 7.45. The number of likely N-dealkylation sites (tertiary alicyclic amines) is 1. The maximum atomic E-state index is 5.71. The molecule has 5 nitrogen and oxygen atoms in total. The molecule has 1 saturated carbocycles. The van der Waals surface area contributed by atoms with Gasteiger partial charge in [-0.1, -0.05) is 18.6 Å². The molecule has 2 aliphatic heterocycles. The molecule has 0 spiro atoms. The number of methoxy groups -OCH3 is 1. The summed E-state index contributed by atoms with van der Waals surface area (Å²) >= 11 is 0. The van der Waals surface area contributed by atoms with Gasteiger partial charge in [0, 0.05) is 25.2 Å². The van der Waals surface area contributed by atoms with E-state index in [1.807, 2.05) is 0 Å². The number of benzene rings is 1. The van der Waals surface area contributed by atoms with Crippen LogP contribution in [0.4, 0.5) is 0 Å². The van der Waals surface area contributed by atoms with Crippen LogP contribution >= 0.6 is 0 Å². The van der Waals surface area contributed by atoms with E-state index >= 15 is 0 Å². The Hall–Kier alpha value is -1.14. The molecular formula is C23H37N3O2. The molecule has 3 fully saturated rings. The number of nitrogens with one attached hydrogen (secondary N) is 2. The van der Waals surface area contributed by atoms with Crippen LogP contribution in [0, 0.1) is 11.8 Å². The molecule has 1 aromatic carbocycles. The van der Waals surface area contributed by atoms with Crippen LogP contribution in [0.2, 0.25) is 0 Å². The predicted molar refractivity (Wildman–Crippen MR) is 113 cm³/mol. The molecule has 1 aromatic rings. The number of hydrogen-bond donors (Lipinski definition) is 2. The highest BCUT2D eigenvalue weighted by Gasteiger charge is 2.34. The maximum Gasteiger partial charge on any atom is 0.118 e. The predicted octanol–water partition coefficient (Wildman–Crippen LogP) is 2.65. The van der Waals surface area contributed by atoms with Gasteiger partial charge in [-0.25, -0.2) is 0 Å². The second kappa shape index (κ2) is 10.1. The lowest BCUT2D eigenvalue weighted by molar-refractivity contribution is 0.0519. The maximum absolute atomic E-state index is 5.71. The van der Waals surface area contributed by atoms with Crippen molar-refractivity contribution in [3.63, 3.8) is 0 Å². The lowest BCUT2D eigenvalue weighted by atomic mass is 9.92. The minimum Gasteiger partial charge on any atom is -0.497 e. The van der Waals surface area contributed by atoms with Crippen molar-refractivity contribution < 1.29 is 9.47 Å². The second-order valence-corrected chi connectivity index (χ2v) is 8.81. The third kappa shape index (κ3) is 5.26. The summed E-state index contributed by atoms with van der Waals surface area (Å²) in [5.41, 5.74) is 1.38. The van der Waals surface area contributed by atoms with Crippen molar-refractivity contribution in [3.8, 4) is 5.75 Å². The number of morpholine rings is 1. The van der Waals surface area contributed by atoms with E-state index < -0.39 is 0 Å². The fourth-order valence-electron chi connectivity index (χ4n) is 5.24. The molecule has 0 radical (unpaired) electrons. The number of ether oxygens (including phenoxy) is 2. The third-order valence-electron chi connectivity index (χ3n) is 6.98. The molecule has 1 aliphatic carbocycles. The van der Waals surface area contributed by atoms with Crippen molar-refractivity contribution in [1.82, 2.24) is 15.5 Å². The first kappa shape index (κ1) is 20.1. The Labute approximate surface area is 170 Å². The van der Waals surface area contributed by atoms with Crippen LogP contribution in [0.25, 0.3) is 0 Å². The molecule has 5 heteroatoms. The first-order valence-corrected chi connectivity index (χ1v) is 11.2. The van der Waals surface area contributed by atoms with Gasteiger partial charge in [-0.05, 0) is 74.8 Å². The van der Waals surface area contributed by atoms with Crippen LogP contribution in [0.15, 0.2) is 24.3 Å². The van der Waals surface area contributed by atoms with Crippen LogP contribution in [-0.4, -0.2) is 63.5 Å². The standard InChI is InChI=1S/C23H37N3O2/c1-27-20-7-5-19(6-8-20)16-26-12-9-18(10-13-26)15-25-22-4-2-3-21(22)23-17-28-14-11-24-23/h5-8,18,21-25H,2-4,9-17H2,1H3. The summed E-state index contributed by atoms with van der Waals surface area (Å²) in [5.74, 6) is 2.51. The fourth-order valence-corrected chi connectivity index (χ4v) is 5.24. The van der Waals surface area contributed by atoms with Gasteiger partial charge >= 0.3 is 0 Å². The van der Waals surface area contributed by atoms with E-state index in [0.29, 0.717) is 12.1 Å². The number of rotatable bonds is 7. The zero-order valence-electron chi connectivity index (χ0n) is 17.4. The van der Waals surface area contributed by atoms with E-state index in [9.17, 15) is 0 Å². The normalized spacial score (nSPS) is 29.8. The van der Waals surface area contributed by atoms with Crippen molar-refractivity contribution in [1.29, 1.82) is 0 Å². The Bertz CT molecular complexity index is 580. The quantitative estimate of drug-likeness (QED) is 0.753. The Morgan fingerprint density at radius 3 is 2.68 bits per heavy atom. The summed E-state index contributed by atoms with van der Waals surface area (Å²) in [5, 5.41) is 7.63. The highest BCUT2D eigenvalue weighted by atomic mass is 16.5. The second-order valence-electron chi connectivity index (χ2n) is 8.81. The van der Waals surface area contributed by atoms with Crippen molar-refractivity contribution >= 4 is 0 Å². The van der Waals surface area contributed by atoms with Crippen LogP contribution in [0.5, 0.6) is 5.75 Å². The molecule has 0 amide bonds. The summed E-state index contributed by atoms with van der Waals surface area (Å²) in [4.78, 5) is 2.60. The number of hydrogen-bond acceptors (Lipinski definition) is 5. The van der Waals surface area contributed by atoms with Gasteiger partial charge in [0.1, 0.15) is 5.75 Å². The summed E-state index contributed by atoms with van der Waals surface area (Å²) in [6.07, 6.45) is 6.66. The van der Waals surface area contributed by atoms with Crippen molar-refractivity contribution in [2.75, 3.05) is 46.5 Å². The van der Waals surface area contributed by atoms with E-state index in [-0.39, 0.29) is 0 Å². The van der Waals surface area contributed by atoms with Gasteiger partial charge in [-0.15, -0.1) is 0 Å². The van der Waals surface area contributed by atoms with Crippen molar-refractivity contribution in [2.45, 2.75) is 50.7 Å². The minimum absolute atomic E-state index is 0.556. The van der Waals surface area contributed by atoms with Gasteiger partial charge in [0.05, 0.1) is 20.3 Å².